The molecule has 1 aromatic carbocycles. The van der Waals surface area contributed by atoms with Crippen LogP contribution in [0.3, 0.4) is 0 Å². The van der Waals surface area contributed by atoms with Crippen LogP contribution in [0, 0.1) is 21.4 Å². The number of nitro benzene ring substituents is 1. The number of halogens is 1. The summed E-state index contributed by atoms with van der Waals surface area (Å²) in [4.78, 5) is 28.5. The maximum atomic E-state index is 12.4. The molecule has 0 fully saturated rings. The van der Waals surface area contributed by atoms with Crippen LogP contribution in [0.4, 0.5) is 11.4 Å². The molecule has 0 bridgehead atoms. The zero-order valence-corrected chi connectivity index (χ0v) is 15.9. The molecular weight excluding hydrogens is 382 g/mol. The van der Waals surface area contributed by atoms with E-state index in [-0.39, 0.29) is 22.0 Å². The van der Waals surface area contributed by atoms with Crippen LogP contribution in [0.15, 0.2) is 54.5 Å². The third-order valence-corrected chi connectivity index (χ3v) is 4.24. The molecule has 0 radical (unpaired) electrons. The van der Waals surface area contributed by atoms with Crippen LogP contribution < -0.4 is 5.32 Å². The van der Waals surface area contributed by atoms with Gasteiger partial charge in [0.15, 0.2) is 0 Å². The molecule has 0 saturated heterocycles. The Bertz CT molecular complexity index is 925. The fourth-order valence-corrected chi connectivity index (χ4v) is 2.57. The van der Waals surface area contributed by atoms with Gasteiger partial charge in [-0.25, -0.2) is 0 Å². The summed E-state index contributed by atoms with van der Waals surface area (Å²) in [5.41, 5.74) is 0.851. The largest absolute Gasteiger partial charge is 0.376 e. The minimum Gasteiger partial charge on any atom is -0.376 e. The molecule has 0 spiro atoms. The summed E-state index contributed by atoms with van der Waals surface area (Å²) in [6.45, 7) is 3.14. The van der Waals surface area contributed by atoms with Gasteiger partial charge in [0.25, 0.3) is 11.6 Å². The number of rotatable bonds is 8. The highest BCUT2D eigenvalue weighted by molar-refractivity contribution is 6.32. The quantitative estimate of drug-likeness (QED) is 0.314. The van der Waals surface area contributed by atoms with Crippen LogP contribution in [0.2, 0.25) is 5.02 Å². The molecule has 0 saturated carbocycles. The van der Waals surface area contributed by atoms with E-state index in [0.29, 0.717) is 13.1 Å². The van der Waals surface area contributed by atoms with Crippen molar-refractivity contribution in [2.24, 2.45) is 0 Å². The number of hydrogen-bond acceptors (Lipinski definition) is 6. The fraction of sp³-hybridized carbons (Fsp3) is 0.211. The third kappa shape index (κ3) is 5.79. The van der Waals surface area contributed by atoms with Crippen molar-refractivity contribution in [3.8, 4) is 6.07 Å². The maximum absolute atomic E-state index is 12.4. The van der Waals surface area contributed by atoms with Gasteiger partial charge in [0.05, 0.1) is 4.92 Å². The van der Waals surface area contributed by atoms with Crippen molar-refractivity contribution in [3.05, 3.63) is 75.2 Å². The second-order valence-electron chi connectivity index (χ2n) is 5.77. The van der Waals surface area contributed by atoms with E-state index in [1.165, 1.54) is 18.3 Å². The molecule has 2 aromatic rings. The third-order valence-electron chi connectivity index (χ3n) is 3.92. The van der Waals surface area contributed by atoms with Crippen LogP contribution in [0.1, 0.15) is 12.5 Å². The number of likely N-dealkylation sites (N-methyl/N-ethyl adjacent to an activating group) is 1. The first-order valence-electron chi connectivity index (χ1n) is 8.44. The van der Waals surface area contributed by atoms with Crippen molar-refractivity contribution in [2.45, 2.75) is 13.3 Å². The lowest BCUT2D eigenvalue weighted by Gasteiger charge is -2.18. The molecule has 1 aromatic heterocycles. The van der Waals surface area contributed by atoms with E-state index >= 15 is 0 Å². The summed E-state index contributed by atoms with van der Waals surface area (Å²) < 4.78 is 0. The predicted molar refractivity (Wildman–Crippen MR) is 106 cm³/mol. The summed E-state index contributed by atoms with van der Waals surface area (Å²) in [5, 5.41) is 22.8. The van der Waals surface area contributed by atoms with Gasteiger partial charge < -0.3 is 10.2 Å². The van der Waals surface area contributed by atoms with Crippen molar-refractivity contribution in [1.29, 1.82) is 5.26 Å². The normalized spacial score (nSPS) is 10.8. The molecule has 0 atom stereocenters. The van der Waals surface area contributed by atoms with E-state index in [1.54, 1.807) is 12.4 Å². The number of pyridine rings is 1. The Morgan fingerprint density at radius 2 is 2.11 bits per heavy atom. The Balaban J connectivity index is 2.09. The SMILES string of the molecule is CCN(/C=C(/C#N)C(=O)Nc1ccc(Cl)c([N+](=O)[O-])c1)CCc1ccncc1. The lowest BCUT2D eigenvalue weighted by Crippen LogP contribution is -2.23. The maximum Gasteiger partial charge on any atom is 0.289 e. The fourth-order valence-electron chi connectivity index (χ4n) is 2.39. The predicted octanol–water partition coefficient (Wildman–Crippen LogP) is 3.55. The number of benzene rings is 1. The number of anilines is 1. The summed E-state index contributed by atoms with van der Waals surface area (Å²) >= 11 is 5.76. The minimum atomic E-state index is -0.651. The van der Waals surface area contributed by atoms with E-state index in [1.807, 2.05) is 30.0 Å². The van der Waals surface area contributed by atoms with Gasteiger partial charge in [0.1, 0.15) is 16.7 Å². The monoisotopic (exact) mass is 399 g/mol. The smallest absolute Gasteiger partial charge is 0.289 e. The number of carbonyl (C=O) groups excluding carboxylic acids is 1. The lowest BCUT2D eigenvalue weighted by molar-refractivity contribution is -0.384. The second kappa shape index (κ2) is 10.0. The lowest BCUT2D eigenvalue weighted by atomic mass is 10.2. The van der Waals surface area contributed by atoms with Crippen molar-refractivity contribution in [1.82, 2.24) is 9.88 Å². The van der Waals surface area contributed by atoms with E-state index in [2.05, 4.69) is 10.3 Å². The first kappa shape index (κ1) is 20.9. The number of nitrogens with one attached hydrogen (secondary N) is 1. The number of hydrogen-bond donors (Lipinski definition) is 1. The number of nitriles is 1. The molecule has 8 nitrogen and oxygen atoms in total. The van der Waals surface area contributed by atoms with Crippen LogP contribution in [-0.4, -0.2) is 33.8 Å². The number of nitro groups is 1. The molecule has 144 valence electrons. The highest BCUT2D eigenvalue weighted by Gasteiger charge is 2.16. The molecule has 28 heavy (non-hydrogen) atoms. The van der Waals surface area contributed by atoms with Crippen LogP contribution in [0.5, 0.6) is 0 Å². The average Bonchev–Trinajstić information content (AvgIpc) is 2.70. The number of nitrogens with zero attached hydrogens (tertiary/aromatic N) is 4. The molecule has 1 N–H and O–H groups in total. The number of amides is 1. The molecule has 9 heteroatoms. The Morgan fingerprint density at radius 1 is 1.39 bits per heavy atom. The molecule has 2 rings (SSSR count). The summed E-state index contributed by atoms with van der Waals surface area (Å²) in [7, 11) is 0. The first-order chi connectivity index (χ1) is 13.4. The van der Waals surface area contributed by atoms with E-state index in [4.69, 9.17) is 11.6 Å². The molecule has 0 unspecified atom stereocenters. The van der Waals surface area contributed by atoms with Gasteiger partial charge in [-0.1, -0.05) is 11.6 Å². The minimum absolute atomic E-state index is 0.0349. The van der Waals surface area contributed by atoms with E-state index in [0.717, 1.165) is 18.1 Å². The highest BCUT2D eigenvalue weighted by atomic mass is 35.5. The molecule has 0 aliphatic carbocycles. The molecule has 1 amide bonds. The van der Waals surface area contributed by atoms with Gasteiger partial charge in [0.2, 0.25) is 0 Å². The number of carbonyl (C=O) groups is 1. The van der Waals surface area contributed by atoms with Gasteiger partial charge >= 0.3 is 0 Å². The molecular formula is C19H18ClN5O3. The van der Waals surface area contributed by atoms with Crippen LogP contribution >= 0.6 is 11.6 Å². The average molecular weight is 400 g/mol. The zero-order valence-electron chi connectivity index (χ0n) is 15.1. The van der Waals surface area contributed by atoms with Gasteiger partial charge in [-0.3, -0.25) is 19.9 Å². The molecule has 1 heterocycles. The van der Waals surface area contributed by atoms with E-state index < -0.39 is 10.8 Å². The first-order valence-corrected chi connectivity index (χ1v) is 8.82. The van der Waals surface area contributed by atoms with Crippen molar-refractivity contribution >= 4 is 28.9 Å². The second-order valence-corrected chi connectivity index (χ2v) is 6.17. The topological polar surface area (TPSA) is 112 Å². The van der Waals surface area contributed by atoms with Gasteiger partial charge in [-0.2, -0.15) is 5.26 Å². The van der Waals surface area contributed by atoms with Crippen molar-refractivity contribution < 1.29 is 9.72 Å². The highest BCUT2D eigenvalue weighted by Crippen LogP contribution is 2.27. The molecule has 0 aliphatic heterocycles. The Morgan fingerprint density at radius 3 is 2.71 bits per heavy atom. The van der Waals surface area contributed by atoms with Crippen LogP contribution in [0.25, 0.3) is 0 Å². The summed E-state index contributed by atoms with van der Waals surface area (Å²) in [5.74, 6) is -0.651. The standard InChI is InChI=1S/C19H18ClN5O3/c1-2-24(10-7-14-5-8-22-9-6-14)13-15(12-21)19(26)23-16-3-4-17(20)18(11-16)25(27)28/h3-6,8-9,11,13H,2,7,10H2,1H3,(H,23,26)/b15-13-. The summed E-state index contributed by atoms with van der Waals surface area (Å²) in [6, 6.07) is 9.58. The van der Waals surface area contributed by atoms with Crippen molar-refractivity contribution in [3.63, 3.8) is 0 Å². The zero-order chi connectivity index (χ0) is 20.5. The van der Waals surface area contributed by atoms with Gasteiger partial charge in [-0.05, 0) is 43.2 Å². The van der Waals surface area contributed by atoms with Gasteiger partial charge in [0, 0.05) is 43.4 Å². The molecule has 0 aliphatic rings. The Labute approximate surface area is 167 Å². The Kier molecular flexibility index (Phi) is 7.48. The van der Waals surface area contributed by atoms with Gasteiger partial charge in [-0.15, -0.1) is 0 Å². The number of aromatic nitrogens is 1. The van der Waals surface area contributed by atoms with E-state index in [9.17, 15) is 20.2 Å². The Hall–Kier alpha value is -3.44. The summed E-state index contributed by atoms with van der Waals surface area (Å²) in [6.07, 6.45) is 5.64. The van der Waals surface area contributed by atoms with Crippen molar-refractivity contribution in [2.75, 3.05) is 18.4 Å². The van der Waals surface area contributed by atoms with Crippen LogP contribution in [-0.2, 0) is 11.2 Å².